The highest BCUT2D eigenvalue weighted by Gasteiger charge is 2.48. The molecule has 1 atom stereocenters. The van der Waals surface area contributed by atoms with E-state index in [2.05, 4.69) is 38.9 Å². The summed E-state index contributed by atoms with van der Waals surface area (Å²) < 4.78 is 0. The monoisotopic (exact) mass is 426 g/mol. The Kier molecular flexibility index (Phi) is 5.13. The van der Waals surface area contributed by atoms with Crippen molar-refractivity contribution in [3.63, 3.8) is 0 Å². The summed E-state index contributed by atoms with van der Waals surface area (Å²) in [6.45, 7) is 5.80. The highest BCUT2D eigenvalue weighted by atomic mass is 16.4. The van der Waals surface area contributed by atoms with E-state index in [1.54, 1.807) is 6.20 Å². The van der Waals surface area contributed by atoms with E-state index in [4.69, 9.17) is 0 Å². The maximum atomic E-state index is 11.5. The van der Waals surface area contributed by atoms with Gasteiger partial charge in [-0.25, -0.2) is 9.78 Å². The Morgan fingerprint density at radius 2 is 1.75 bits per heavy atom. The average Bonchev–Trinajstić information content (AvgIpc) is 3.12. The van der Waals surface area contributed by atoms with Crippen LogP contribution in [-0.4, -0.2) is 34.3 Å². The van der Waals surface area contributed by atoms with Gasteiger partial charge in [0.05, 0.1) is 24.1 Å². The number of anilines is 1. The fraction of sp³-hybridized carbons (Fsp3) is 0.269. The second-order valence-corrected chi connectivity index (χ2v) is 8.71. The lowest BCUT2D eigenvalue weighted by molar-refractivity contribution is 0.141. The van der Waals surface area contributed by atoms with Crippen molar-refractivity contribution < 1.29 is 9.90 Å². The lowest BCUT2D eigenvalue weighted by Gasteiger charge is -2.43. The molecule has 2 N–H and O–H groups in total. The fourth-order valence-electron chi connectivity index (χ4n) is 5.22. The predicted octanol–water partition coefficient (Wildman–Crippen LogP) is 4.69. The highest BCUT2D eigenvalue weighted by molar-refractivity contribution is 5.75. The normalized spacial score (nSPS) is 18.9. The zero-order chi connectivity index (χ0) is 22.1. The number of amides is 1. The van der Waals surface area contributed by atoms with Gasteiger partial charge in [-0.05, 0) is 36.0 Å². The van der Waals surface area contributed by atoms with Crippen molar-refractivity contribution in [1.29, 1.82) is 0 Å². The van der Waals surface area contributed by atoms with Crippen molar-refractivity contribution in [2.24, 2.45) is 5.41 Å². The standard InChI is InChI=1S/C26H26N4O2/c1-18(19-7-3-2-4-8-19)22-16-28-23(17-27-22)30-13-11-26(12-14-30)15-20-9-5-6-10-21(20)24(26)29-25(31)32/h2-10,16-17,24,29H,1,11-15H2,(H,31,32). The molecule has 1 unspecified atom stereocenters. The molecule has 0 bridgehead atoms. The summed E-state index contributed by atoms with van der Waals surface area (Å²) in [6.07, 6.45) is 5.34. The molecule has 0 saturated carbocycles. The van der Waals surface area contributed by atoms with Gasteiger partial charge in [-0.1, -0.05) is 61.2 Å². The predicted molar refractivity (Wildman–Crippen MR) is 125 cm³/mol. The molecule has 162 valence electrons. The molecular weight excluding hydrogens is 400 g/mol. The van der Waals surface area contributed by atoms with E-state index in [1.807, 2.05) is 48.7 Å². The quantitative estimate of drug-likeness (QED) is 0.633. The first-order chi connectivity index (χ1) is 15.6. The summed E-state index contributed by atoms with van der Waals surface area (Å²) in [7, 11) is 0. The van der Waals surface area contributed by atoms with Crippen molar-refractivity contribution in [2.75, 3.05) is 18.0 Å². The Morgan fingerprint density at radius 3 is 2.44 bits per heavy atom. The van der Waals surface area contributed by atoms with Crippen LogP contribution in [0.5, 0.6) is 0 Å². The topological polar surface area (TPSA) is 78.4 Å². The number of nitrogens with zero attached hydrogens (tertiary/aromatic N) is 3. The number of hydrogen-bond acceptors (Lipinski definition) is 4. The van der Waals surface area contributed by atoms with Crippen LogP contribution in [0, 0.1) is 5.41 Å². The maximum absolute atomic E-state index is 11.5. The molecule has 32 heavy (non-hydrogen) atoms. The molecule has 6 nitrogen and oxygen atoms in total. The molecule has 1 aliphatic heterocycles. The second kappa shape index (κ2) is 8.11. The number of fused-ring (bicyclic) bond motifs is 1. The third-order valence-corrected chi connectivity index (χ3v) is 6.94. The number of carboxylic acid groups (broad SMARTS) is 1. The number of hydrogen-bond donors (Lipinski definition) is 2. The van der Waals surface area contributed by atoms with Gasteiger partial charge < -0.3 is 15.3 Å². The lowest BCUT2D eigenvalue weighted by Crippen LogP contribution is -2.47. The van der Waals surface area contributed by atoms with E-state index in [-0.39, 0.29) is 11.5 Å². The minimum atomic E-state index is -0.964. The van der Waals surface area contributed by atoms with Crippen molar-refractivity contribution in [3.05, 3.63) is 96.0 Å². The molecule has 1 amide bonds. The van der Waals surface area contributed by atoms with Gasteiger partial charge in [0.2, 0.25) is 0 Å². The Hall–Kier alpha value is -3.67. The van der Waals surface area contributed by atoms with Crippen molar-refractivity contribution >= 4 is 17.5 Å². The van der Waals surface area contributed by atoms with Gasteiger partial charge >= 0.3 is 6.09 Å². The second-order valence-electron chi connectivity index (χ2n) is 8.71. The minimum absolute atomic E-state index is 0.0897. The SMILES string of the molecule is C=C(c1ccccc1)c1cnc(N2CCC3(CC2)Cc2ccccc2C3NC(=O)O)cn1. The van der Waals surface area contributed by atoms with Crippen molar-refractivity contribution in [2.45, 2.75) is 25.3 Å². The molecule has 2 aliphatic rings. The van der Waals surface area contributed by atoms with Crippen LogP contribution in [0.3, 0.4) is 0 Å². The van der Waals surface area contributed by atoms with Gasteiger partial charge in [0.25, 0.3) is 0 Å². The largest absolute Gasteiger partial charge is 0.465 e. The average molecular weight is 427 g/mol. The molecule has 1 aromatic heterocycles. The van der Waals surface area contributed by atoms with Crippen LogP contribution in [0.1, 0.15) is 41.3 Å². The summed E-state index contributed by atoms with van der Waals surface area (Å²) in [4.78, 5) is 23.0. The van der Waals surface area contributed by atoms with E-state index in [1.165, 1.54) is 5.56 Å². The maximum Gasteiger partial charge on any atom is 0.405 e. The molecule has 1 aliphatic carbocycles. The minimum Gasteiger partial charge on any atom is -0.465 e. The summed E-state index contributed by atoms with van der Waals surface area (Å²) in [6, 6.07) is 18.0. The van der Waals surface area contributed by atoms with Gasteiger partial charge in [-0.15, -0.1) is 0 Å². The first-order valence-corrected chi connectivity index (χ1v) is 10.9. The molecule has 0 radical (unpaired) electrons. The third-order valence-electron chi connectivity index (χ3n) is 6.94. The van der Waals surface area contributed by atoms with E-state index < -0.39 is 6.09 Å². The number of piperidine rings is 1. The van der Waals surface area contributed by atoms with Crippen molar-refractivity contribution in [1.82, 2.24) is 15.3 Å². The first kappa shape index (κ1) is 20.2. The van der Waals surface area contributed by atoms with E-state index in [0.29, 0.717) is 0 Å². The lowest BCUT2D eigenvalue weighted by atomic mass is 9.72. The Morgan fingerprint density at radius 1 is 1.03 bits per heavy atom. The number of benzene rings is 2. The number of carbonyl (C=O) groups is 1. The zero-order valence-corrected chi connectivity index (χ0v) is 17.9. The molecular formula is C26H26N4O2. The number of aromatic nitrogens is 2. The Bertz CT molecular complexity index is 1140. The molecule has 5 rings (SSSR count). The van der Waals surface area contributed by atoms with Crippen molar-refractivity contribution in [3.8, 4) is 0 Å². The van der Waals surface area contributed by atoms with Gasteiger partial charge in [0.1, 0.15) is 5.82 Å². The number of nitrogens with one attached hydrogen (secondary N) is 1. The fourth-order valence-corrected chi connectivity index (χ4v) is 5.22. The van der Waals surface area contributed by atoms with Gasteiger partial charge in [-0.3, -0.25) is 4.98 Å². The number of rotatable bonds is 4. The Labute approximate surface area is 187 Å². The van der Waals surface area contributed by atoms with Crippen LogP contribution >= 0.6 is 0 Å². The van der Waals surface area contributed by atoms with E-state index >= 15 is 0 Å². The highest BCUT2D eigenvalue weighted by Crippen LogP contribution is 2.52. The Balaban J connectivity index is 1.30. The van der Waals surface area contributed by atoms with Crippen LogP contribution in [0.15, 0.2) is 73.6 Å². The molecule has 6 heteroatoms. The summed E-state index contributed by atoms with van der Waals surface area (Å²) >= 11 is 0. The summed E-state index contributed by atoms with van der Waals surface area (Å²) in [5.41, 5.74) is 4.94. The smallest absolute Gasteiger partial charge is 0.405 e. The third kappa shape index (κ3) is 3.62. The van der Waals surface area contributed by atoms with Gasteiger partial charge in [-0.2, -0.15) is 0 Å². The van der Waals surface area contributed by atoms with Crippen LogP contribution in [0.25, 0.3) is 5.57 Å². The van der Waals surface area contributed by atoms with Gasteiger partial charge in [0, 0.05) is 24.1 Å². The van der Waals surface area contributed by atoms with E-state index in [0.717, 1.165) is 60.6 Å². The molecule has 1 fully saturated rings. The summed E-state index contributed by atoms with van der Waals surface area (Å²) in [5, 5.41) is 12.3. The van der Waals surface area contributed by atoms with Crippen LogP contribution < -0.4 is 10.2 Å². The molecule has 1 spiro atoms. The molecule has 3 aromatic rings. The molecule has 2 aromatic carbocycles. The van der Waals surface area contributed by atoms with Crippen LogP contribution in [-0.2, 0) is 6.42 Å². The van der Waals surface area contributed by atoms with E-state index in [9.17, 15) is 9.90 Å². The van der Waals surface area contributed by atoms with Gasteiger partial charge in [0.15, 0.2) is 0 Å². The van der Waals surface area contributed by atoms with Crippen LogP contribution in [0.2, 0.25) is 0 Å². The zero-order valence-electron chi connectivity index (χ0n) is 17.9. The van der Waals surface area contributed by atoms with Crippen LogP contribution in [0.4, 0.5) is 10.6 Å². The molecule has 1 saturated heterocycles. The first-order valence-electron chi connectivity index (χ1n) is 10.9. The summed E-state index contributed by atoms with van der Waals surface area (Å²) in [5.74, 6) is 0.850. The molecule has 2 heterocycles.